The zero-order chi connectivity index (χ0) is 18.7. The maximum absolute atomic E-state index is 14.6. The second-order valence-corrected chi connectivity index (χ2v) is 6.75. The molecule has 26 heavy (non-hydrogen) atoms. The van der Waals surface area contributed by atoms with Crippen LogP contribution in [0, 0.1) is 11.6 Å². The molecular weight excluding hydrogens is 341 g/mol. The molecule has 2 aromatic carbocycles. The molecule has 1 heterocycles. The fourth-order valence-electron chi connectivity index (χ4n) is 3.24. The number of rotatable bonds is 5. The molecule has 140 valence electrons. The number of halogens is 3. The Morgan fingerprint density at radius 2 is 1.73 bits per heavy atom. The van der Waals surface area contributed by atoms with Crippen molar-refractivity contribution in [3.8, 4) is 11.1 Å². The van der Waals surface area contributed by atoms with E-state index in [-0.39, 0.29) is 19.0 Å². The van der Waals surface area contributed by atoms with Gasteiger partial charge in [-0.3, -0.25) is 0 Å². The van der Waals surface area contributed by atoms with Crippen LogP contribution in [0.15, 0.2) is 36.4 Å². The summed E-state index contributed by atoms with van der Waals surface area (Å²) in [5, 5.41) is 0. The van der Waals surface area contributed by atoms with Gasteiger partial charge >= 0.3 is 0 Å². The third-order valence-electron chi connectivity index (χ3n) is 4.70. The Kier molecular flexibility index (Phi) is 5.68. The van der Waals surface area contributed by atoms with E-state index in [1.807, 2.05) is 13.8 Å². The Labute approximate surface area is 151 Å². The summed E-state index contributed by atoms with van der Waals surface area (Å²) in [4.78, 5) is 0. The lowest BCUT2D eigenvalue weighted by Crippen LogP contribution is -2.41. The lowest BCUT2D eigenvalue weighted by molar-refractivity contribution is -0.239. The normalized spacial score (nSPS) is 23.2. The summed E-state index contributed by atoms with van der Waals surface area (Å²) < 4.78 is 53.8. The highest BCUT2D eigenvalue weighted by Crippen LogP contribution is 2.34. The Balaban J connectivity index is 1.77. The molecule has 0 aromatic heterocycles. The summed E-state index contributed by atoms with van der Waals surface area (Å²) in [6.07, 6.45) is 0.855. The molecule has 1 saturated heterocycles. The first kappa shape index (κ1) is 18.9. The molecule has 0 saturated carbocycles. The Bertz CT molecular complexity index is 768. The van der Waals surface area contributed by atoms with Crippen LogP contribution in [-0.2, 0) is 15.9 Å². The Morgan fingerprint density at radius 3 is 2.31 bits per heavy atom. The first-order chi connectivity index (χ1) is 12.5. The monoisotopic (exact) mass is 364 g/mol. The van der Waals surface area contributed by atoms with E-state index in [0.29, 0.717) is 41.5 Å². The van der Waals surface area contributed by atoms with Crippen LogP contribution in [0.25, 0.3) is 11.1 Å². The zero-order valence-electron chi connectivity index (χ0n) is 15.0. The van der Waals surface area contributed by atoms with E-state index in [4.69, 9.17) is 9.47 Å². The summed E-state index contributed by atoms with van der Waals surface area (Å²) in [5.74, 6) is -0.841. The summed E-state index contributed by atoms with van der Waals surface area (Å²) in [7, 11) is 0. The Hall–Kier alpha value is -1.85. The summed E-state index contributed by atoms with van der Waals surface area (Å²) >= 11 is 0. The summed E-state index contributed by atoms with van der Waals surface area (Å²) in [6.45, 7) is 3.62. The molecule has 5 heteroatoms. The van der Waals surface area contributed by atoms with Crippen molar-refractivity contribution in [1.29, 1.82) is 0 Å². The molecule has 1 fully saturated rings. The second-order valence-electron chi connectivity index (χ2n) is 6.75. The minimum Gasteiger partial charge on any atom is -0.345 e. The third kappa shape index (κ3) is 3.94. The maximum Gasteiger partial charge on any atom is 0.184 e. The molecular formula is C21H23F3O2. The number of aryl methyl sites for hydroxylation is 1. The fourth-order valence-corrected chi connectivity index (χ4v) is 3.24. The van der Waals surface area contributed by atoms with Gasteiger partial charge in [-0.15, -0.1) is 0 Å². The van der Waals surface area contributed by atoms with Crippen LogP contribution in [0.5, 0.6) is 0 Å². The van der Waals surface area contributed by atoms with E-state index < -0.39 is 17.8 Å². The SMILES string of the molecule is CCCC1(F)COC(c2ccc(-c3ccc(CC)c(F)c3)c(F)c2)OC1. The van der Waals surface area contributed by atoms with E-state index in [1.54, 1.807) is 24.3 Å². The predicted octanol–water partition coefficient (Wildman–Crippen LogP) is 5.75. The van der Waals surface area contributed by atoms with E-state index in [1.165, 1.54) is 12.1 Å². The minimum atomic E-state index is -1.48. The lowest BCUT2D eigenvalue weighted by Gasteiger charge is -2.34. The first-order valence-corrected chi connectivity index (χ1v) is 8.96. The molecule has 0 radical (unpaired) electrons. The number of ether oxygens (including phenoxy) is 2. The van der Waals surface area contributed by atoms with Crippen LogP contribution in [0.2, 0.25) is 0 Å². The van der Waals surface area contributed by atoms with Crippen molar-refractivity contribution in [2.75, 3.05) is 13.2 Å². The van der Waals surface area contributed by atoms with Gasteiger partial charge in [0.25, 0.3) is 0 Å². The molecule has 3 rings (SSSR count). The van der Waals surface area contributed by atoms with Crippen LogP contribution >= 0.6 is 0 Å². The summed E-state index contributed by atoms with van der Waals surface area (Å²) in [5.41, 5.74) is 0.367. The maximum atomic E-state index is 14.6. The molecule has 0 bridgehead atoms. The van der Waals surface area contributed by atoms with Gasteiger partial charge < -0.3 is 9.47 Å². The highest BCUT2D eigenvalue weighted by Gasteiger charge is 2.36. The third-order valence-corrected chi connectivity index (χ3v) is 4.70. The molecule has 1 aliphatic rings. The number of hydrogen-bond acceptors (Lipinski definition) is 2. The average Bonchev–Trinajstić information content (AvgIpc) is 2.62. The van der Waals surface area contributed by atoms with Crippen molar-refractivity contribution >= 4 is 0 Å². The van der Waals surface area contributed by atoms with Gasteiger partial charge in [-0.25, -0.2) is 13.2 Å². The largest absolute Gasteiger partial charge is 0.345 e. The molecule has 0 spiro atoms. The van der Waals surface area contributed by atoms with Gasteiger partial charge in [-0.05, 0) is 36.1 Å². The fraction of sp³-hybridized carbons (Fsp3) is 0.429. The van der Waals surface area contributed by atoms with Crippen molar-refractivity contribution in [3.63, 3.8) is 0 Å². The Morgan fingerprint density at radius 1 is 1.00 bits per heavy atom. The quantitative estimate of drug-likeness (QED) is 0.673. The van der Waals surface area contributed by atoms with E-state index in [2.05, 4.69) is 0 Å². The van der Waals surface area contributed by atoms with Gasteiger partial charge in [0.15, 0.2) is 12.0 Å². The molecule has 0 aliphatic carbocycles. The highest BCUT2D eigenvalue weighted by atomic mass is 19.1. The highest BCUT2D eigenvalue weighted by molar-refractivity contribution is 5.65. The van der Waals surface area contributed by atoms with E-state index in [9.17, 15) is 13.2 Å². The smallest absolute Gasteiger partial charge is 0.184 e. The molecule has 0 atom stereocenters. The van der Waals surface area contributed by atoms with Gasteiger partial charge in [-0.2, -0.15) is 0 Å². The molecule has 0 N–H and O–H groups in total. The number of hydrogen-bond donors (Lipinski definition) is 0. The van der Waals surface area contributed by atoms with Crippen molar-refractivity contribution in [3.05, 3.63) is 59.2 Å². The van der Waals surface area contributed by atoms with Gasteiger partial charge in [0.1, 0.15) is 11.6 Å². The standard InChI is InChI=1S/C21H23F3O2/c1-3-9-21(24)12-25-20(26-13-21)16-7-8-17(19(23)11-16)15-6-5-14(4-2)18(22)10-15/h5-8,10-11,20H,3-4,9,12-13H2,1-2H3. The van der Waals surface area contributed by atoms with Crippen molar-refractivity contribution in [2.45, 2.75) is 45.1 Å². The lowest BCUT2D eigenvalue weighted by atomic mass is 9.99. The molecule has 0 amide bonds. The number of benzene rings is 2. The molecule has 2 aromatic rings. The molecule has 2 nitrogen and oxygen atoms in total. The van der Waals surface area contributed by atoms with Crippen LogP contribution in [0.3, 0.4) is 0 Å². The van der Waals surface area contributed by atoms with Gasteiger partial charge in [-0.1, -0.05) is 44.5 Å². The first-order valence-electron chi connectivity index (χ1n) is 8.96. The van der Waals surface area contributed by atoms with Gasteiger partial charge in [0.05, 0.1) is 13.2 Å². The van der Waals surface area contributed by atoms with Crippen LogP contribution < -0.4 is 0 Å². The summed E-state index contributed by atoms with van der Waals surface area (Å²) in [6, 6.07) is 9.25. The number of alkyl halides is 1. The zero-order valence-corrected chi connectivity index (χ0v) is 15.0. The minimum absolute atomic E-state index is 0.0709. The van der Waals surface area contributed by atoms with Crippen LogP contribution in [0.1, 0.15) is 44.1 Å². The molecule has 0 unspecified atom stereocenters. The van der Waals surface area contributed by atoms with Crippen molar-refractivity contribution < 1.29 is 22.6 Å². The topological polar surface area (TPSA) is 18.5 Å². The second kappa shape index (κ2) is 7.80. The van der Waals surface area contributed by atoms with E-state index in [0.717, 1.165) is 0 Å². The van der Waals surface area contributed by atoms with Crippen molar-refractivity contribution in [2.24, 2.45) is 0 Å². The van der Waals surface area contributed by atoms with Gasteiger partial charge in [0, 0.05) is 11.1 Å². The van der Waals surface area contributed by atoms with Crippen LogP contribution in [0.4, 0.5) is 13.2 Å². The average molecular weight is 364 g/mol. The van der Waals surface area contributed by atoms with Gasteiger partial charge in [0.2, 0.25) is 0 Å². The predicted molar refractivity (Wildman–Crippen MR) is 94.6 cm³/mol. The van der Waals surface area contributed by atoms with E-state index >= 15 is 0 Å². The van der Waals surface area contributed by atoms with Crippen LogP contribution in [-0.4, -0.2) is 18.9 Å². The van der Waals surface area contributed by atoms with Crippen molar-refractivity contribution in [1.82, 2.24) is 0 Å². The molecule has 1 aliphatic heterocycles.